The lowest BCUT2D eigenvalue weighted by atomic mass is 9.84. The molecule has 4 heteroatoms. The lowest BCUT2D eigenvalue weighted by molar-refractivity contribution is -0.167. The summed E-state index contributed by atoms with van der Waals surface area (Å²) in [4.78, 5) is 24.7. The Morgan fingerprint density at radius 1 is 1.09 bits per heavy atom. The van der Waals surface area contributed by atoms with E-state index in [1.54, 1.807) is 26.8 Å². The molecule has 0 unspecified atom stereocenters. The second-order valence-corrected chi connectivity index (χ2v) is 4.74. The summed E-state index contributed by atoms with van der Waals surface area (Å²) in [5, 5.41) is 0. The van der Waals surface area contributed by atoms with Crippen molar-refractivity contribution >= 4 is 18.0 Å². The predicted molar refractivity (Wildman–Crippen MR) is 89.2 cm³/mol. The van der Waals surface area contributed by atoms with Crippen LogP contribution >= 0.6 is 0 Å². The van der Waals surface area contributed by atoms with Crippen LogP contribution in [-0.4, -0.2) is 25.2 Å². The van der Waals surface area contributed by atoms with E-state index in [1.807, 2.05) is 36.4 Å². The summed E-state index contributed by atoms with van der Waals surface area (Å²) in [5.41, 5.74) is -0.648. The number of hydrogen-bond donors (Lipinski definition) is 0. The fourth-order valence-electron chi connectivity index (χ4n) is 2.06. The molecule has 0 aliphatic carbocycles. The van der Waals surface area contributed by atoms with Gasteiger partial charge in [0.2, 0.25) is 5.41 Å². The number of carbonyl (C=O) groups excluding carboxylic acids is 2. The molecule has 23 heavy (non-hydrogen) atoms. The van der Waals surface area contributed by atoms with Gasteiger partial charge >= 0.3 is 11.9 Å². The van der Waals surface area contributed by atoms with Crippen LogP contribution in [0.3, 0.4) is 0 Å². The molecule has 0 atom stereocenters. The Hall–Kier alpha value is -2.54. The standard InChI is InChI=1S/C19H22O4/c1-4-14-19(17(20)22-5-2,18(21)23-6-3)15-10-13-16-11-8-7-9-12-16/h7-13H,5-6,15H2,1-3H3. The van der Waals surface area contributed by atoms with Crippen molar-refractivity contribution in [3.05, 3.63) is 42.0 Å². The maximum atomic E-state index is 12.4. The Morgan fingerprint density at radius 2 is 1.65 bits per heavy atom. The van der Waals surface area contributed by atoms with Crippen LogP contribution in [0.5, 0.6) is 0 Å². The third-order valence-electron chi connectivity index (χ3n) is 3.12. The third kappa shape index (κ3) is 5.00. The zero-order valence-corrected chi connectivity index (χ0v) is 13.8. The summed E-state index contributed by atoms with van der Waals surface area (Å²) in [6.07, 6.45) is 3.68. The molecule has 1 aromatic rings. The van der Waals surface area contributed by atoms with E-state index in [4.69, 9.17) is 9.47 Å². The van der Waals surface area contributed by atoms with Crippen molar-refractivity contribution in [3.8, 4) is 11.8 Å². The van der Waals surface area contributed by atoms with Gasteiger partial charge in [-0.05, 0) is 26.3 Å². The van der Waals surface area contributed by atoms with Gasteiger partial charge in [0.15, 0.2) is 0 Å². The zero-order chi connectivity index (χ0) is 17.1. The highest BCUT2D eigenvalue weighted by atomic mass is 16.6. The Morgan fingerprint density at radius 3 is 2.13 bits per heavy atom. The molecular weight excluding hydrogens is 292 g/mol. The average Bonchev–Trinajstić information content (AvgIpc) is 2.55. The van der Waals surface area contributed by atoms with Crippen molar-refractivity contribution < 1.29 is 19.1 Å². The van der Waals surface area contributed by atoms with Gasteiger partial charge < -0.3 is 9.47 Å². The van der Waals surface area contributed by atoms with E-state index in [-0.39, 0.29) is 19.6 Å². The molecule has 0 aromatic heterocycles. The van der Waals surface area contributed by atoms with E-state index in [0.717, 1.165) is 5.56 Å². The lowest BCUT2D eigenvalue weighted by Gasteiger charge is -2.22. The fraction of sp³-hybridized carbons (Fsp3) is 0.368. The Balaban J connectivity index is 3.10. The topological polar surface area (TPSA) is 52.6 Å². The van der Waals surface area contributed by atoms with Crippen LogP contribution in [0.1, 0.15) is 32.8 Å². The van der Waals surface area contributed by atoms with Gasteiger partial charge in [0.05, 0.1) is 13.2 Å². The second kappa shape index (κ2) is 9.47. The summed E-state index contributed by atoms with van der Waals surface area (Å²) >= 11 is 0. The number of hydrogen-bond acceptors (Lipinski definition) is 4. The van der Waals surface area contributed by atoms with Crippen molar-refractivity contribution in [3.63, 3.8) is 0 Å². The molecule has 0 amide bonds. The molecule has 0 bridgehead atoms. The van der Waals surface area contributed by atoms with Crippen LogP contribution in [0.2, 0.25) is 0 Å². The SMILES string of the molecule is CC#CC(CC=Cc1ccccc1)(C(=O)OCC)C(=O)OCC. The van der Waals surface area contributed by atoms with Crippen molar-refractivity contribution in [1.82, 2.24) is 0 Å². The lowest BCUT2D eigenvalue weighted by Crippen LogP contribution is -2.40. The summed E-state index contributed by atoms with van der Waals surface area (Å²) in [6.45, 7) is 5.30. The number of allylic oxidation sites excluding steroid dienone is 1. The quantitative estimate of drug-likeness (QED) is 0.440. The smallest absolute Gasteiger partial charge is 0.336 e. The van der Waals surface area contributed by atoms with E-state index < -0.39 is 17.4 Å². The van der Waals surface area contributed by atoms with Gasteiger partial charge in [-0.15, -0.1) is 5.92 Å². The zero-order valence-electron chi connectivity index (χ0n) is 13.8. The molecule has 0 fully saturated rings. The number of benzene rings is 1. The molecule has 1 rings (SSSR count). The molecule has 1 aromatic carbocycles. The summed E-state index contributed by atoms with van der Waals surface area (Å²) in [6, 6.07) is 9.60. The second-order valence-electron chi connectivity index (χ2n) is 4.74. The van der Waals surface area contributed by atoms with E-state index in [1.165, 1.54) is 0 Å². The third-order valence-corrected chi connectivity index (χ3v) is 3.12. The number of esters is 2. The molecule has 0 saturated carbocycles. The van der Waals surface area contributed by atoms with Crippen LogP contribution in [0.25, 0.3) is 6.08 Å². The highest BCUT2D eigenvalue weighted by Crippen LogP contribution is 2.27. The molecule has 4 nitrogen and oxygen atoms in total. The largest absolute Gasteiger partial charge is 0.464 e. The van der Waals surface area contributed by atoms with Crippen LogP contribution in [0.15, 0.2) is 36.4 Å². The van der Waals surface area contributed by atoms with Crippen molar-refractivity contribution in [2.75, 3.05) is 13.2 Å². The summed E-state index contributed by atoms with van der Waals surface area (Å²) in [7, 11) is 0. The number of carbonyl (C=O) groups is 2. The Kier molecular flexibility index (Phi) is 7.62. The first-order valence-corrected chi connectivity index (χ1v) is 7.60. The van der Waals surface area contributed by atoms with Crippen LogP contribution < -0.4 is 0 Å². The molecule has 0 N–H and O–H groups in total. The highest BCUT2D eigenvalue weighted by Gasteiger charge is 2.46. The van der Waals surface area contributed by atoms with Gasteiger partial charge in [-0.2, -0.15) is 0 Å². The molecule has 0 spiro atoms. The first-order chi connectivity index (χ1) is 11.1. The predicted octanol–water partition coefficient (Wildman–Crippen LogP) is 3.23. The molecule has 0 aliphatic heterocycles. The number of ether oxygens (including phenoxy) is 2. The van der Waals surface area contributed by atoms with Gasteiger partial charge in [0.1, 0.15) is 0 Å². The minimum Gasteiger partial charge on any atom is -0.464 e. The minimum absolute atomic E-state index is 0.0976. The molecule has 0 radical (unpaired) electrons. The minimum atomic E-state index is -1.62. The highest BCUT2D eigenvalue weighted by molar-refractivity contribution is 6.04. The van der Waals surface area contributed by atoms with E-state index >= 15 is 0 Å². The van der Waals surface area contributed by atoms with Gasteiger partial charge in [-0.25, -0.2) is 9.59 Å². The average molecular weight is 314 g/mol. The van der Waals surface area contributed by atoms with Crippen LogP contribution in [0, 0.1) is 17.3 Å². The van der Waals surface area contributed by atoms with Gasteiger partial charge in [-0.3, -0.25) is 0 Å². The summed E-state index contributed by atoms with van der Waals surface area (Å²) in [5.74, 6) is 4.00. The molecule has 0 saturated heterocycles. The van der Waals surface area contributed by atoms with E-state index in [0.29, 0.717) is 0 Å². The fourth-order valence-corrected chi connectivity index (χ4v) is 2.06. The maximum Gasteiger partial charge on any atom is 0.336 e. The van der Waals surface area contributed by atoms with Gasteiger partial charge in [0.25, 0.3) is 0 Å². The van der Waals surface area contributed by atoms with Gasteiger partial charge in [0, 0.05) is 6.42 Å². The molecule has 122 valence electrons. The maximum absolute atomic E-state index is 12.4. The Labute approximate surface area is 137 Å². The van der Waals surface area contributed by atoms with Crippen LogP contribution in [0.4, 0.5) is 0 Å². The van der Waals surface area contributed by atoms with Crippen molar-refractivity contribution in [1.29, 1.82) is 0 Å². The van der Waals surface area contributed by atoms with Crippen LogP contribution in [-0.2, 0) is 19.1 Å². The normalized spacial score (nSPS) is 10.7. The monoisotopic (exact) mass is 314 g/mol. The summed E-state index contributed by atoms with van der Waals surface area (Å²) < 4.78 is 10.1. The Bertz CT molecular complexity index is 587. The molecular formula is C19H22O4. The van der Waals surface area contributed by atoms with E-state index in [2.05, 4.69) is 11.8 Å². The van der Waals surface area contributed by atoms with Crippen molar-refractivity contribution in [2.45, 2.75) is 27.2 Å². The van der Waals surface area contributed by atoms with E-state index in [9.17, 15) is 9.59 Å². The molecule has 0 heterocycles. The first-order valence-electron chi connectivity index (χ1n) is 7.60. The molecule has 0 aliphatic rings. The van der Waals surface area contributed by atoms with Gasteiger partial charge in [-0.1, -0.05) is 48.4 Å². The first kappa shape index (κ1) is 18.5. The van der Waals surface area contributed by atoms with Crippen molar-refractivity contribution in [2.24, 2.45) is 5.41 Å². The number of rotatable bonds is 7.